The molecule has 2 aromatic rings. The summed E-state index contributed by atoms with van der Waals surface area (Å²) in [6.45, 7) is 4.00. The minimum Gasteiger partial charge on any atom is -0.507 e. The molecule has 2 bridgehead atoms. The van der Waals surface area contributed by atoms with Crippen LogP contribution in [0.25, 0.3) is 11.3 Å². The number of ether oxygens (including phenoxy) is 1. The largest absolute Gasteiger partial charge is 0.507 e. The molecule has 0 aliphatic carbocycles. The highest BCUT2D eigenvalue weighted by Crippen LogP contribution is 2.47. The Labute approximate surface area is 155 Å². The number of anilines is 1. The van der Waals surface area contributed by atoms with Crippen LogP contribution >= 0.6 is 0 Å². The lowest BCUT2D eigenvalue weighted by Crippen LogP contribution is -2.21. The molecule has 8 heteroatoms. The number of rotatable bonds is 2. The van der Waals surface area contributed by atoms with Crippen molar-refractivity contribution < 1.29 is 23.0 Å². The first-order valence-corrected chi connectivity index (χ1v) is 9.01. The fourth-order valence-electron chi connectivity index (χ4n) is 3.64. The van der Waals surface area contributed by atoms with Crippen molar-refractivity contribution in [2.24, 2.45) is 0 Å². The van der Waals surface area contributed by atoms with Gasteiger partial charge in [-0.3, -0.25) is 0 Å². The van der Waals surface area contributed by atoms with Gasteiger partial charge in [-0.25, -0.2) is 0 Å². The normalized spacial score (nSPS) is 20.5. The Hall–Kier alpha value is -2.35. The van der Waals surface area contributed by atoms with Gasteiger partial charge in [-0.05, 0) is 36.6 Å². The van der Waals surface area contributed by atoms with Gasteiger partial charge in [0.1, 0.15) is 11.4 Å². The molecule has 4 rings (SSSR count). The zero-order valence-corrected chi connectivity index (χ0v) is 15.4. The summed E-state index contributed by atoms with van der Waals surface area (Å²) in [6.07, 6.45) is -2.14. The van der Waals surface area contributed by atoms with E-state index in [4.69, 9.17) is 4.74 Å². The third-order valence-corrected chi connectivity index (χ3v) is 4.79. The van der Waals surface area contributed by atoms with E-state index in [1.165, 1.54) is 6.07 Å². The Kier molecular flexibility index (Phi) is 5.28. The maximum absolute atomic E-state index is 12.8. The zero-order valence-electron chi connectivity index (χ0n) is 15.4. The summed E-state index contributed by atoms with van der Waals surface area (Å²) in [6, 6.07) is 2.92. The van der Waals surface area contributed by atoms with Gasteiger partial charge in [0.15, 0.2) is 5.82 Å². The number of phenolic OH excluding ortho intramolecular Hbond substituents is 1. The minimum absolute atomic E-state index is 0.0711. The molecule has 2 atom stereocenters. The average Bonchev–Trinajstić information content (AvgIpc) is 3.03. The number of alkyl halides is 3. The lowest BCUT2D eigenvalue weighted by atomic mass is 9.93. The zero-order chi connectivity index (χ0) is 19.8. The molecule has 5 nitrogen and oxygen atoms in total. The monoisotopic (exact) mass is 381 g/mol. The number of aromatic hydroxyl groups is 1. The van der Waals surface area contributed by atoms with Gasteiger partial charge in [-0.15, -0.1) is 10.2 Å². The maximum atomic E-state index is 12.8. The van der Waals surface area contributed by atoms with Crippen molar-refractivity contribution in [3.05, 3.63) is 34.9 Å². The van der Waals surface area contributed by atoms with Gasteiger partial charge in [0.25, 0.3) is 0 Å². The van der Waals surface area contributed by atoms with Crippen LogP contribution in [0.5, 0.6) is 5.75 Å². The van der Waals surface area contributed by atoms with Gasteiger partial charge in [0.2, 0.25) is 0 Å². The molecule has 1 fully saturated rings. The highest BCUT2D eigenvalue weighted by molar-refractivity contribution is 5.73. The second-order valence-electron chi connectivity index (χ2n) is 6.30. The van der Waals surface area contributed by atoms with Crippen molar-refractivity contribution in [2.45, 2.75) is 51.5 Å². The summed E-state index contributed by atoms with van der Waals surface area (Å²) < 4.78 is 44.4. The number of hydrogen-bond acceptors (Lipinski definition) is 5. The number of nitrogens with one attached hydrogen (secondary N) is 1. The molecule has 3 heterocycles. The Morgan fingerprint density at radius 2 is 1.93 bits per heavy atom. The summed E-state index contributed by atoms with van der Waals surface area (Å²) in [4.78, 5) is 0. The van der Waals surface area contributed by atoms with Crippen LogP contribution in [0, 0.1) is 0 Å². The molecule has 27 heavy (non-hydrogen) atoms. The van der Waals surface area contributed by atoms with Crippen molar-refractivity contribution in [3.8, 4) is 17.0 Å². The number of hydrogen-bond donors (Lipinski definition) is 2. The molecular formula is C19H22F3N3O2. The molecule has 2 N–H and O–H groups in total. The van der Waals surface area contributed by atoms with Gasteiger partial charge in [0, 0.05) is 24.6 Å². The van der Waals surface area contributed by atoms with Gasteiger partial charge < -0.3 is 15.2 Å². The van der Waals surface area contributed by atoms with E-state index in [2.05, 4.69) is 15.5 Å². The van der Waals surface area contributed by atoms with Crippen molar-refractivity contribution >= 4 is 5.82 Å². The average molecular weight is 381 g/mol. The van der Waals surface area contributed by atoms with E-state index < -0.39 is 17.5 Å². The van der Waals surface area contributed by atoms with E-state index in [0.717, 1.165) is 36.1 Å². The van der Waals surface area contributed by atoms with E-state index in [9.17, 15) is 18.3 Å². The minimum atomic E-state index is -4.51. The van der Waals surface area contributed by atoms with Gasteiger partial charge >= 0.3 is 6.18 Å². The summed E-state index contributed by atoms with van der Waals surface area (Å²) in [7, 11) is 1.74. The second kappa shape index (κ2) is 7.34. The highest BCUT2D eigenvalue weighted by atomic mass is 19.4. The third-order valence-electron chi connectivity index (χ3n) is 4.79. The first-order chi connectivity index (χ1) is 12.9. The summed E-state index contributed by atoms with van der Waals surface area (Å²) in [5.74, 6) is 0.151. The predicted molar refractivity (Wildman–Crippen MR) is 95.6 cm³/mol. The molecule has 0 radical (unpaired) electrons. The Balaban J connectivity index is 0.00000102. The second-order valence-corrected chi connectivity index (χ2v) is 6.30. The molecular weight excluding hydrogens is 359 g/mol. The smallest absolute Gasteiger partial charge is 0.416 e. The molecule has 2 aliphatic heterocycles. The summed E-state index contributed by atoms with van der Waals surface area (Å²) in [5.41, 5.74) is 1.54. The number of aromatic nitrogens is 2. The molecule has 146 valence electrons. The Morgan fingerprint density at radius 3 is 2.56 bits per heavy atom. The number of fused-ring (bicyclic) bond motifs is 4. The third kappa shape index (κ3) is 3.45. The summed E-state index contributed by atoms with van der Waals surface area (Å²) in [5, 5.41) is 21.5. The SMILES string of the molecule is CC.CNc1nnc(-c2ccc(C(F)(F)F)cc2O)c2c1C1CCC(C2)O1. The number of benzene rings is 1. The Bertz CT molecular complexity index is 840. The van der Waals surface area contributed by atoms with Crippen LogP contribution in [0.2, 0.25) is 0 Å². The van der Waals surface area contributed by atoms with E-state index in [-0.39, 0.29) is 17.8 Å². The molecule has 0 amide bonds. The van der Waals surface area contributed by atoms with Crippen LogP contribution in [0.4, 0.5) is 19.0 Å². The van der Waals surface area contributed by atoms with Gasteiger partial charge in [0.05, 0.1) is 17.8 Å². The fourth-order valence-corrected chi connectivity index (χ4v) is 3.64. The van der Waals surface area contributed by atoms with Crippen LogP contribution in [0.1, 0.15) is 49.5 Å². The molecule has 0 saturated carbocycles. The lowest BCUT2D eigenvalue weighted by molar-refractivity contribution is -0.137. The number of phenols is 1. The van der Waals surface area contributed by atoms with E-state index in [1.54, 1.807) is 7.05 Å². The standard InChI is InChI=1S/C17H16F3N3O2.C2H6/c1-21-16-14-11(7-9-3-5-13(14)25-9)15(22-23-16)10-4-2-8(6-12(10)24)17(18,19)20;1-2/h2,4,6,9,13,24H,3,5,7H2,1H3,(H,21,23);1-2H3. The first-order valence-electron chi connectivity index (χ1n) is 9.01. The van der Waals surface area contributed by atoms with Crippen molar-refractivity contribution in [1.82, 2.24) is 10.2 Å². The van der Waals surface area contributed by atoms with Crippen molar-refractivity contribution in [3.63, 3.8) is 0 Å². The first kappa shape index (κ1) is 19.4. The maximum Gasteiger partial charge on any atom is 0.416 e. The van der Waals surface area contributed by atoms with Crippen LogP contribution in [0.3, 0.4) is 0 Å². The molecule has 0 spiro atoms. The number of nitrogens with zero attached hydrogens (tertiary/aromatic N) is 2. The fraction of sp³-hybridized carbons (Fsp3) is 0.474. The topological polar surface area (TPSA) is 67.3 Å². The molecule has 1 saturated heterocycles. The molecule has 1 aromatic heterocycles. The van der Waals surface area contributed by atoms with Gasteiger partial charge in [-0.1, -0.05) is 13.8 Å². The molecule has 2 unspecified atom stereocenters. The van der Waals surface area contributed by atoms with Crippen LogP contribution in [-0.2, 0) is 17.3 Å². The van der Waals surface area contributed by atoms with E-state index in [1.807, 2.05) is 13.8 Å². The van der Waals surface area contributed by atoms with E-state index >= 15 is 0 Å². The van der Waals surface area contributed by atoms with Crippen LogP contribution in [-0.4, -0.2) is 28.5 Å². The Morgan fingerprint density at radius 1 is 1.19 bits per heavy atom. The van der Waals surface area contributed by atoms with Gasteiger partial charge in [-0.2, -0.15) is 13.2 Å². The summed E-state index contributed by atoms with van der Waals surface area (Å²) >= 11 is 0. The molecule has 1 aromatic carbocycles. The predicted octanol–water partition coefficient (Wildman–Crippen LogP) is 4.71. The lowest BCUT2D eigenvalue weighted by Gasteiger charge is -2.27. The van der Waals surface area contributed by atoms with E-state index in [0.29, 0.717) is 17.9 Å². The van der Waals surface area contributed by atoms with Crippen LogP contribution < -0.4 is 5.32 Å². The quantitative estimate of drug-likeness (QED) is 0.788. The molecule has 2 aliphatic rings. The van der Waals surface area contributed by atoms with Crippen molar-refractivity contribution in [2.75, 3.05) is 12.4 Å². The highest BCUT2D eigenvalue weighted by Gasteiger charge is 2.38. The van der Waals surface area contributed by atoms with Crippen molar-refractivity contribution in [1.29, 1.82) is 0 Å². The van der Waals surface area contributed by atoms with Crippen LogP contribution in [0.15, 0.2) is 18.2 Å². The number of halogens is 3.